The topological polar surface area (TPSA) is 0 Å². The molecule has 2 heteroatoms. The van der Waals surface area contributed by atoms with Crippen LogP contribution in [0.5, 0.6) is 0 Å². The van der Waals surface area contributed by atoms with Gasteiger partial charge in [-0.15, -0.1) is 12.4 Å². The van der Waals surface area contributed by atoms with Crippen LogP contribution < -0.4 is 0 Å². The summed E-state index contributed by atoms with van der Waals surface area (Å²) in [6.45, 7) is 11.0. The van der Waals surface area contributed by atoms with Crippen molar-refractivity contribution in [3.8, 4) is 0 Å². The van der Waals surface area contributed by atoms with Crippen molar-refractivity contribution < 1.29 is 0 Å². The van der Waals surface area contributed by atoms with E-state index in [-0.39, 0.29) is 12.4 Å². The number of unbranched alkanes of at least 4 members (excludes halogenated alkanes) is 3. The first-order chi connectivity index (χ1) is 7.74. The maximum Gasteiger partial charge on any atom is -0.147 e. The standard InChI is InChI=1S/C15H33P.ClH/c1-5-9-13-16(12-8-4,14-10-6-2)15-11-7-3;/h8,16H,4-7,9-15H2,1-3H3;1H. The van der Waals surface area contributed by atoms with Gasteiger partial charge in [0.15, 0.2) is 0 Å². The second-order valence-corrected chi connectivity index (χ2v) is 10.2. The van der Waals surface area contributed by atoms with E-state index in [2.05, 4.69) is 33.4 Å². The first-order valence-electron chi connectivity index (χ1n) is 7.35. The Hall–Kier alpha value is 0.460. The van der Waals surface area contributed by atoms with Gasteiger partial charge in [-0.05, 0) is 0 Å². The fraction of sp³-hybridized carbons (Fsp3) is 0.867. The third kappa shape index (κ3) is 9.09. The predicted octanol–water partition coefficient (Wildman–Crippen LogP) is 5.74. The smallest absolute Gasteiger partial charge is 0.147 e. The number of halogens is 1. The van der Waals surface area contributed by atoms with Crippen LogP contribution in [0, 0.1) is 0 Å². The van der Waals surface area contributed by atoms with E-state index in [1.807, 2.05) is 0 Å². The Kier molecular flexibility index (Phi) is 15.0. The van der Waals surface area contributed by atoms with Crippen LogP contribution in [0.1, 0.15) is 59.3 Å². The zero-order chi connectivity index (χ0) is 12.3. The van der Waals surface area contributed by atoms with Crippen LogP contribution in [-0.2, 0) is 0 Å². The second kappa shape index (κ2) is 12.9. The first-order valence-corrected chi connectivity index (χ1v) is 10.2. The van der Waals surface area contributed by atoms with Crippen molar-refractivity contribution in [1.82, 2.24) is 0 Å². The van der Waals surface area contributed by atoms with Crippen LogP contribution >= 0.6 is 19.7 Å². The van der Waals surface area contributed by atoms with Gasteiger partial charge in [-0.2, -0.15) is 0 Å². The average molecular weight is 281 g/mol. The Morgan fingerprint density at radius 2 is 1.18 bits per heavy atom. The van der Waals surface area contributed by atoms with Gasteiger partial charge in [0.1, 0.15) is 0 Å². The molecule has 106 valence electrons. The number of rotatable bonds is 11. The fourth-order valence-electron chi connectivity index (χ4n) is 2.64. The molecule has 0 aromatic heterocycles. The van der Waals surface area contributed by atoms with Gasteiger partial charge in [0.05, 0.1) is 0 Å². The van der Waals surface area contributed by atoms with Crippen molar-refractivity contribution in [2.75, 3.05) is 24.6 Å². The largest absolute Gasteiger partial charge is 0.147 e. The fourth-order valence-corrected chi connectivity index (χ4v) is 7.93. The molecule has 0 aromatic carbocycles. The predicted molar refractivity (Wildman–Crippen MR) is 90.0 cm³/mol. The Labute approximate surface area is 116 Å². The molecule has 0 nitrogen and oxygen atoms in total. The molecule has 0 aliphatic heterocycles. The van der Waals surface area contributed by atoms with Crippen LogP contribution in [0.2, 0.25) is 0 Å². The summed E-state index contributed by atoms with van der Waals surface area (Å²) in [5, 5.41) is 0. The molecule has 0 radical (unpaired) electrons. The summed E-state index contributed by atoms with van der Waals surface area (Å²) < 4.78 is 0. The van der Waals surface area contributed by atoms with E-state index in [1.54, 1.807) is 18.5 Å². The molecular formula is C15H34ClP. The molecule has 0 atom stereocenters. The molecule has 0 N–H and O–H groups in total. The summed E-state index contributed by atoms with van der Waals surface area (Å²) in [6, 6.07) is 0. The summed E-state index contributed by atoms with van der Waals surface area (Å²) in [7, 11) is -0.976. The quantitative estimate of drug-likeness (QED) is 0.334. The van der Waals surface area contributed by atoms with E-state index in [9.17, 15) is 0 Å². The van der Waals surface area contributed by atoms with Crippen LogP contribution in [-0.4, -0.2) is 24.6 Å². The van der Waals surface area contributed by atoms with E-state index in [4.69, 9.17) is 0 Å². The Morgan fingerprint density at radius 1 is 0.824 bits per heavy atom. The molecule has 17 heavy (non-hydrogen) atoms. The maximum atomic E-state index is 4.00. The van der Waals surface area contributed by atoms with Crippen LogP contribution in [0.4, 0.5) is 0 Å². The Balaban J connectivity index is 0. The van der Waals surface area contributed by atoms with Crippen molar-refractivity contribution in [3.05, 3.63) is 12.7 Å². The van der Waals surface area contributed by atoms with E-state index in [0.717, 1.165) is 0 Å². The minimum absolute atomic E-state index is 0. The van der Waals surface area contributed by atoms with Crippen LogP contribution in [0.3, 0.4) is 0 Å². The summed E-state index contributed by atoms with van der Waals surface area (Å²) in [4.78, 5) is 0. The minimum Gasteiger partial charge on any atom is -0.147 e. The van der Waals surface area contributed by atoms with Crippen LogP contribution in [0.15, 0.2) is 12.7 Å². The molecule has 0 aliphatic rings. The zero-order valence-electron chi connectivity index (χ0n) is 12.3. The monoisotopic (exact) mass is 280 g/mol. The van der Waals surface area contributed by atoms with E-state index in [0.29, 0.717) is 0 Å². The number of hydrogen-bond acceptors (Lipinski definition) is 0. The second-order valence-electron chi connectivity index (χ2n) is 5.30. The zero-order valence-corrected chi connectivity index (χ0v) is 14.1. The molecule has 0 fully saturated rings. The van der Waals surface area contributed by atoms with E-state index in [1.165, 1.54) is 44.7 Å². The number of allylic oxidation sites excluding steroid dienone is 1. The molecule has 0 aliphatic carbocycles. The molecule has 0 unspecified atom stereocenters. The summed E-state index contributed by atoms with van der Waals surface area (Å²) in [5.74, 6) is 0. The van der Waals surface area contributed by atoms with Crippen molar-refractivity contribution in [3.63, 3.8) is 0 Å². The molecular weight excluding hydrogens is 247 g/mol. The van der Waals surface area contributed by atoms with Gasteiger partial charge < -0.3 is 0 Å². The van der Waals surface area contributed by atoms with Gasteiger partial charge in [-0.3, -0.25) is 0 Å². The van der Waals surface area contributed by atoms with Gasteiger partial charge in [0, 0.05) is 0 Å². The summed E-state index contributed by atoms with van der Waals surface area (Å²) in [6.07, 6.45) is 16.7. The third-order valence-corrected chi connectivity index (χ3v) is 9.16. The summed E-state index contributed by atoms with van der Waals surface area (Å²) in [5.41, 5.74) is 0. The third-order valence-electron chi connectivity index (χ3n) is 3.76. The Morgan fingerprint density at radius 3 is 1.41 bits per heavy atom. The van der Waals surface area contributed by atoms with Gasteiger partial charge in [0.2, 0.25) is 0 Å². The van der Waals surface area contributed by atoms with Gasteiger partial charge in [-0.1, -0.05) is 0 Å². The maximum absolute atomic E-state index is 4.00. The van der Waals surface area contributed by atoms with Crippen molar-refractivity contribution >= 4 is 19.7 Å². The van der Waals surface area contributed by atoms with Crippen molar-refractivity contribution in [2.45, 2.75) is 59.3 Å². The molecule has 0 bridgehead atoms. The van der Waals surface area contributed by atoms with Crippen molar-refractivity contribution in [2.24, 2.45) is 0 Å². The number of hydrogen-bond donors (Lipinski definition) is 0. The first kappa shape index (κ1) is 19.8. The molecule has 0 saturated heterocycles. The van der Waals surface area contributed by atoms with Crippen LogP contribution in [0.25, 0.3) is 0 Å². The normalized spacial score (nSPS) is 11.9. The van der Waals surface area contributed by atoms with Gasteiger partial charge >= 0.3 is 104 Å². The summed E-state index contributed by atoms with van der Waals surface area (Å²) >= 11 is 0. The molecule has 0 amide bonds. The Bertz CT molecular complexity index is 147. The SMILES string of the molecule is C=CC[PH](CCCC)(CCCC)CCCC.Cl. The molecule has 0 spiro atoms. The average Bonchev–Trinajstić information content (AvgIpc) is 2.31. The van der Waals surface area contributed by atoms with Gasteiger partial charge in [-0.25, -0.2) is 0 Å². The van der Waals surface area contributed by atoms with E-state index >= 15 is 0 Å². The molecule has 0 heterocycles. The molecule has 0 aromatic rings. The molecule has 0 rings (SSSR count). The minimum atomic E-state index is -0.976. The molecule has 0 saturated carbocycles. The van der Waals surface area contributed by atoms with Crippen molar-refractivity contribution in [1.29, 1.82) is 0 Å². The van der Waals surface area contributed by atoms with Gasteiger partial charge in [0.25, 0.3) is 0 Å². The van der Waals surface area contributed by atoms with E-state index < -0.39 is 7.26 Å².